The summed E-state index contributed by atoms with van der Waals surface area (Å²) in [6.45, 7) is 4.99. The number of carbonyl (C=O) groups is 1. The van der Waals surface area contributed by atoms with Crippen molar-refractivity contribution in [2.75, 3.05) is 25.0 Å². The Morgan fingerprint density at radius 2 is 2.00 bits per heavy atom. The van der Waals surface area contributed by atoms with Gasteiger partial charge in [-0.05, 0) is 57.0 Å². The molecule has 134 valence electrons. The van der Waals surface area contributed by atoms with Crippen LogP contribution in [0.2, 0.25) is 0 Å². The SMILES string of the molecule is CC1CCCCN1CCCNC(=O)Nc1ccc(S(N)(=O)=O)cc1. The number of amides is 2. The number of likely N-dealkylation sites (tertiary alicyclic amines) is 1. The highest BCUT2D eigenvalue weighted by atomic mass is 32.2. The quantitative estimate of drug-likeness (QED) is 0.677. The number of urea groups is 1. The van der Waals surface area contributed by atoms with E-state index in [1.54, 1.807) is 0 Å². The maximum atomic E-state index is 11.8. The average molecular weight is 354 g/mol. The highest BCUT2D eigenvalue weighted by Crippen LogP contribution is 2.16. The maximum absolute atomic E-state index is 11.8. The largest absolute Gasteiger partial charge is 0.338 e. The molecule has 24 heavy (non-hydrogen) atoms. The summed E-state index contributed by atoms with van der Waals surface area (Å²) in [5.74, 6) is 0. The van der Waals surface area contributed by atoms with Gasteiger partial charge in [0, 0.05) is 24.8 Å². The molecule has 1 unspecified atom stereocenters. The van der Waals surface area contributed by atoms with Crippen molar-refractivity contribution in [1.82, 2.24) is 10.2 Å². The molecule has 0 radical (unpaired) electrons. The monoisotopic (exact) mass is 354 g/mol. The Morgan fingerprint density at radius 1 is 1.29 bits per heavy atom. The van der Waals surface area contributed by atoms with Crippen LogP contribution >= 0.6 is 0 Å². The fraction of sp³-hybridized carbons (Fsp3) is 0.562. The lowest BCUT2D eigenvalue weighted by atomic mass is 10.0. The van der Waals surface area contributed by atoms with Gasteiger partial charge in [-0.3, -0.25) is 0 Å². The van der Waals surface area contributed by atoms with Crippen LogP contribution in [0.4, 0.5) is 10.5 Å². The smallest absolute Gasteiger partial charge is 0.319 e. The molecule has 8 heteroatoms. The number of carbonyl (C=O) groups excluding carboxylic acids is 1. The molecule has 2 amide bonds. The maximum Gasteiger partial charge on any atom is 0.319 e. The standard InChI is InChI=1S/C16H26N4O3S/c1-13-5-2-3-11-20(13)12-4-10-18-16(21)19-14-6-8-15(9-7-14)24(17,22)23/h6-9,13H,2-5,10-12H2,1H3,(H2,17,22,23)(H2,18,19,21). The lowest BCUT2D eigenvalue weighted by Gasteiger charge is -2.33. The number of hydrogen-bond donors (Lipinski definition) is 3. The molecule has 0 aromatic heterocycles. The van der Waals surface area contributed by atoms with Crippen molar-refractivity contribution in [3.63, 3.8) is 0 Å². The number of nitrogens with zero attached hydrogens (tertiary/aromatic N) is 1. The van der Waals surface area contributed by atoms with Crippen LogP contribution in [0.5, 0.6) is 0 Å². The van der Waals surface area contributed by atoms with Crippen molar-refractivity contribution >= 4 is 21.7 Å². The summed E-state index contributed by atoms with van der Waals surface area (Å²) in [5, 5.41) is 10.5. The molecular weight excluding hydrogens is 328 g/mol. The number of rotatable bonds is 6. The first-order valence-electron chi connectivity index (χ1n) is 8.28. The van der Waals surface area contributed by atoms with Crippen LogP contribution in [-0.2, 0) is 10.0 Å². The van der Waals surface area contributed by atoms with Crippen LogP contribution in [0.1, 0.15) is 32.6 Å². The van der Waals surface area contributed by atoms with Crippen molar-refractivity contribution in [3.05, 3.63) is 24.3 Å². The zero-order valence-electron chi connectivity index (χ0n) is 14.0. The Kier molecular flexibility index (Phi) is 6.59. The number of piperidine rings is 1. The van der Waals surface area contributed by atoms with Gasteiger partial charge in [-0.1, -0.05) is 6.42 Å². The minimum atomic E-state index is -3.71. The third-order valence-corrected chi connectivity index (χ3v) is 5.22. The predicted octanol–water partition coefficient (Wildman–Crippen LogP) is 1.72. The summed E-state index contributed by atoms with van der Waals surface area (Å²) in [5.41, 5.74) is 0.518. The number of nitrogens with one attached hydrogen (secondary N) is 2. The second-order valence-corrected chi connectivity index (χ2v) is 7.75. The summed E-state index contributed by atoms with van der Waals surface area (Å²) in [6.07, 6.45) is 4.72. The van der Waals surface area contributed by atoms with Gasteiger partial charge in [0.05, 0.1) is 4.90 Å². The highest BCUT2D eigenvalue weighted by Gasteiger charge is 2.17. The molecule has 1 atom stereocenters. The normalized spacial score (nSPS) is 19.0. The van der Waals surface area contributed by atoms with E-state index in [1.165, 1.54) is 43.5 Å². The van der Waals surface area contributed by atoms with Gasteiger partial charge in [0.25, 0.3) is 0 Å². The van der Waals surface area contributed by atoms with E-state index in [-0.39, 0.29) is 10.9 Å². The lowest BCUT2D eigenvalue weighted by molar-refractivity contribution is 0.159. The van der Waals surface area contributed by atoms with Crippen LogP contribution < -0.4 is 15.8 Å². The molecule has 1 aliphatic rings. The summed E-state index contributed by atoms with van der Waals surface area (Å²) in [7, 11) is -3.71. The van der Waals surface area contributed by atoms with Crippen LogP contribution in [-0.4, -0.2) is 45.0 Å². The molecule has 1 heterocycles. The van der Waals surface area contributed by atoms with Crippen molar-refractivity contribution < 1.29 is 13.2 Å². The molecule has 1 aromatic carbocycles. The number of sulfonamides is 1. The molecule has 0 saturated carbocycles. The van der Waals surface area contributed by atoms with Gasteiger partial charge in [-0.15, -0.1) is 0 Å². The Labute approximate surface area is 143 Å². The fourth-order valence-corrected chi connectivity index (χ4v) is 3.39. The van der Waals surface area contributed by atoms with E-state index in [1.807, 2.05) is 0 Å². The molecule has 2 rings (SSSR count). The van der Waals surface area contributed by atoms with Gasteiger partial charge in [-0.25, -0.2) is 18.4 Å². The van der Waals surface area contributed by atoms with Crippen molar-refractivity contribution in [2.24, 2.45) is 5.14 Å². The third kappa shape index (κ3) is 5.77. The van der Waals surface area contributed by atoms with E-state index in [0.29, 0.717) is 18.3 Å². The predicted molar refractivity (Wildman–Crippen MR) is 94.3 cm³/mol. The molecule has 1 aromatic rings. The molecule has 0 spiro atoms. The molecule has 1 saturated heterocycles. The summed E-state index contributed by atoms with van der Waals surface area (Å²) in [4.78, 5) is 14.3. The topological polar surface area (TPSA) is 105 Å². The van der Waals surface area contributed by atoms with Gasteiger partial charge < -0.3 is 15.5 Å². The number of benzene rings is 1. The molecule has 1 fully saturated rings. The minimum absolute atomic E-state index is 0.0177. The summed E-state index contributed by atoms with van der Waals surface area (Å²) >= 11 is 0. The van der Waals surface area contributed by atoms with E-state index in [2.05, 4.69) is 22.5 Å². The first-order chi connectivity index (χ1) is 11.4. The minimum Gasteiger partial charge on any atom is -0.338 e. The Balaban J connectivity index is 1.69. The van der Waals surface area contributed by atoms with E-state index < -0.39 is 10.0 Å². The number of primary sulfonamides is 1. The number of anilines is 1. The highest BCUT2D eigenvalue weighted by molar-refractivity contribution is 7.89. The average Bonchev–Trinajstić information content (AvgIpc) is 2.53. The number of hydrogen-bond acceptors (Lipinski definition) is 4. The Hall–Kier alpha value is -1.64. The summed E-state index contributed by atoms with van der Waals surface area (Å²) < 4.78 is 22.3. The van der Waals surface area contributed by atoms with Gasteiger partial charge in [0.1, 0.15) is 0 Å². The molecule has 1 aliphatic heterocycles. The van der Waals surface area contributed by atoms with Gasteiger partial charge in [-0.2, -0.15) is 0 Å². The molecular formula is C16H26N4O3S. The van der Waals surface area contributed by atoms with Crippen LogP contribution in [0.3, 0.4) is 0 Å². The number of nitrogens with two attached hydrogens (primary N) is 1. The second kappa shape index (κ2) is 8.46. The zero-order valence-corrected chi connectivity index (χ0v) is 14.8. The van der Waals surface area contributed by atoms with Crippen LogP contribution in [0, 0.1) is 0 Å². The fourth-order valence-electron chi connectivity index (χ4n) is 2.88. The van der Waals surface area contributed by atoms with Crippen LogP contribution in [0.25, 0.3) is 0 Å². The van der Waals surface area contributed by atoms with Crippen molar-refractivity contribution in [2.45, 2.75) is 43.5 Å². The van der Waals surface area contributed by atoms with Crippen LogP contribution in [0.15, 0.2) is 29.2 Å². The summed E-state index contributed by atoms with van der Waals surface area (Å²) in [6, 6.07) is 6.07. The first-order valence-corrected chi connectivity index (χ1v) is 9.82. The van der Waals surface area contributed by atoms with E-state index in [9.17, 15) is 13.2 Å². The first kappa shape index (κ1) is 18.7. The van der Waals surface area contributed by atoms with E-state index in [0.717, 1.165) is 19.5 Å². The van der Waals surface area contributed by atoms with Gasteiger partial charge in [0.2, 0.25) is 10.0 Å². The zero-order chi connectivity index (χ0) is 17.6. The lowest BCUT2D eigenvalue weighted by Crippen LogP contribution is -2.39. The Bertz CT molecular complexity index is 646. The van der Waals surface area contributed by atoms with E-state index in [4.69, 9.17) is 5.14 Å². The second-order valence-electron chi connectivity index (χ2n) is 6.18. The van der Waals surface area contributed by atoms with Gasteiger partial charge in [0.15, 0.2) is 0 Å². The Morgan fingerprint density at radius 3 is 2.62 bits per heavy atom. The molecule has 4 N–H and O–H groups in total. The van der Waals surface area contributed by atoms with E-state index >= 15 is 0 Å². The third-order valence-electron chi connectivity index (χ3n) is 4.29. The molecule has 0 aliphatic carbocycles. The van der Waals surface area contributed by atoms with Crippen molar-refractivity contribution in [3.8, 4) is 0 Å². The van der Waals surface area contributed by atoms with Gasteiger partial charge >= 0.3 is 6.03 Å². The molecule has 7 nitrogen and oxygen atoms in total. The van der Waals surface area contributed by atoms with Crippen molar-refractivity contribution in [1.29, 1.82) is 0 Å². The molecule has 0 bridgehead atoms.